The fraction of sp³-hybridized carbons (Fsp3) is 0.136. The van der Waals surface area contributed by atoms with Gasteiger partial charge in [0.05, 0.1) is 25.2 Å². The van der Waals surface area contributed by atoms with Crippen molar-refractivity contribution in [2.75, 3.05) is 14.2 Å². The van der Waals surface area contributed by atoms with Gasteiger partial charge in [-0.1, -0.05) is 6.07 Å². The normalized spacial score (nSPS) is 11.9. The molecular formula is C22H20FN5O3S. The number of imidazole rings is 1. The molecule has 1 aromatic carbocycles. The predicted octanol–water partition coefficient (Wildman–Crippen LogP) is 3.51. The molecule has 0 amide bonds. The minimum Gasteiger partial charge on any atom is -0.495 e. The average Bonchev–Trinajstić information content (AvgIpc) is 3.20. The second-order valence-corrected chi connectivity index (χ2v) is 8.91. The van der Waals surface area contributed by atoms with Crippen molar-refractivity contribution in [3.8, 4) is 16.9 Å². The largest absolute Gasteiger partial charge is 0.495 e. The van der Waals surface area contributed by atoms with Crippen LogP contribution in [0.2, 0.25) is 0 Å². The predicted molar refractivity (Wildman–Crippen MR) is 119 cm³/mol. The third-order valence-corrected chi connectivity index (χ3v) is 6.55. The highest BCUT2D eigenvalue weighted by Crippen LogP contribution is 2.27. The number of hydrogen-bond donors (Lipinski definition) is 0. The van der Waals surface area contributed by atoms with Gasteiger partial charge in [-0.05, 0) is 43.3 Å². The number of methoxy groups -OCH3 is 1. The smallest absolute Gasteiger partial charge is 0.282 e. The number of hydrogen-bond acceptors (Lipinski definition) is 6. The van der Waals surface area contributed by atoms with Crippen molar-refractivity contribution in [1.82, 2.24) is 18.8 Å². The number of pyridine rings is 2. The molecule has 0 aliphatic carbocycles. The molecule has 0 aliphatic rings. The first-order valence-electron chi connectivity index (χ1n) is 9.56. The van der Waals surface area contributed by atoms with Crippen LogP contribution >= 0.6 is 0 Å². The number of nitrogens with zero attached hydrogens (tertiary/aromatic N) is 5. The molecule has 4 aromatic rings. The number of aryl methyl sites for hydroxylation is 1. The maximum absolute atomic E-state index is 13.7. The number of fused-ring (bicyclic) bond motifs is 1. The number of hydrazone groups is 1. The summed E-state index contributed by atoms with van der Waals surface area (Å²) in [5.74, 6) is -0.665. The fourth-order valence-electron chi connectivity index (χ4n) is 3.10. The maximum atomic E-state index is 13.7. The second kappa shape index (κ2) is 8.39. The van der Waals surface area contributed by atoms with E-state index in [0.29, 0.717) is 11.3 Å². The summed E-state index contributed by atoms with van der Waals surface area (Å²) in [7, 11) is -1.55. The van der Waals surface area contributed by atoms with Crippen LogP contribution in [0.5, 0.6) is 5.75 Å². The molecule has 164 valence electrons. The Morgan fingerprint density at radius 1 is 1.09 bits per heavy atom. The summed E-state index contributed by atoms with van der Waals surface area (Å²) in [5, 5.41) is 4.05. The van der Waals surface area contributed by atoms with Gasteiger partial charge in [0, 0.05) is 36.3 Å². The van der Waals surface area contributed by atoms with E-state index >= 15 is 0 Å². The molecule has 0 N–H and O–H groups in total. The molecule has 0 spiro atoms. The van der Waals surface area contributed by atoms with Gasteiger partial charge in [0.25, 0.3) is 10.0 Å². The molecule has 0 saturated heterocycles. The Morgan fingerprint density at radius 2 is 1.88 bits per heavy atom. The molecule has 0 saturated carbocycles. The van der Waals surface area contributed by atoms with Gasteiger partial charge >= 0.3 is 0 Å². The van der Waals surface area contributed by atoms with Crippen LogP contribution in [-0.2, 0) is 10.0 Å². The van der Waals surface area contributed by atoms with Crippen molar-refractivity contribution < 1.29 is 17.5 Å². The molecule has 0 radical (unpaired) electrons. The molecule has 0 bridgehead atoms. The van der Waals surface area contributed by atoms with E-state index in [0.717, 1.165) is 33.4 Å². The van der Waals surface area contributed by atoms with Gasteiger partial charge in [-0.3, -0.25) is 9.38 Å². The maximum Gasteiger partial charge on any atom is 0.282 e. The van der Waals surface area contributed by atoms with E-state index in [-0.39, 0.29) is 10.6 Å². The first kappa shape index (κ1) is 21.4. The van der Waals surface area contributed by atoms with Gasteiger partial charge < -0.3 is 4.74 Å². The summed E-state index contributed by atoms with van der Waals surface area (Å²) in [4.78, 5) is 8.33. The number of ether oxygens (including phenoxy) is 1. The van der Waals surface area contributed by atoms with Crippen LogP contribution in [0.3, 0.4) is 0 Å². The van der Waals surface area contributed by atoms with Crippen molar-refractivity contribution in [1.29, 1.82) is 0 Å². The van der Waals surface area contributed by atoms with Gasteiger partial charge in [0.2, 0.25) is 0 Å². The quantitative estimate of drug-likeness (QED) is 0.329. The van der Waals surface area contributed by atoms with Crippen LogP contribution in [0.1, 0.15) is 11.4 Å². The lowest BCUT2D eigenvalue weighted by atomic mass is 10.1. The number of rotatable bonds is 6. The summed E-state index contributed by atoms with van der Waals surface area (Å²) < 4.78 is 47.1. The lowest BCUT2D eigenvalue weighted by Gasteiger charge is -2.15. The number of sulfonamides is 1. The van der Waals surface area contributed by atoms with Gasteiger partial charge in [0.1, 0.15) is 22.1 Å². The molecule has 0 unspecified atom stereocenters. The zero-order valence-electron chi connectivity index (χ0n) is 17.6. The van der Waals surface area contributed by atoms with E-state index in [2.05, 4.69) is 15.1 Å². The lowest BCUT2D eigenvalue weighted by Crippen LogP contribution is -2.22. The zero-order chi connectivity index (χ0) is 22.9. The molecule has 4 rings (SSSR count). The average molecular weight is 453 g/mol. The van der Waals surface area contributed by atoms with Gasteiger partial charge in [0.15, 0.2) is 0 Å². The Kier molecular flexibility index (Phi) is 5.62. The Hall–Kier alpha value is -3.79. The van der Waals surface area contributed by atoms with Crippen LogP contribution in [0, 0.1) is 12.7 Å². The number of aromatic nitrogens is 3. The summed E-state index contributed by atoms with van der Waals surface area (Å²) in [6, 6.07) is 11.0. The van der Waals surface area contributed by atoms with Crippen molar-refractivity contribution in [2.24, 2.45) is 5.10 Å². The molecule has 32 heavy (non-hydrogen) atoms. The molecular weight excluding hydrogens is 433 g/mol. The van der Waals surface area contributed by atoms with Crippen LogP contribution in [0.15, 0.2) is 71.1 Å². The summed E-state index contributed by atoms with van der Waals surface area (Å²) in [5.41, 5.74) is 4.02. The third-order valence-electron chi connectivity index (χ3n) is 4.88. The van der Waals surface area contributed by atoms with Crippen molar-refractivity contribution in [3.05, 3.63) is 78.3 Å². The van der Waals surface area contributed by atoms with E-state index in [9.17, 15) is 12.8 Å². The van der Waals surface area contributed by atoms with Gasteiger partial charge in [-0.2, -0.15) is 17.9 Å². The molecule has 3 heterocycles. The van der Waals surface area contributed by atoms with Crippen LogP contribution < -0.4 is 4.74 Å². The second-order valence-electron chi connectivity index (χ2n) is 7.00. The molecule has 0 aliphatic heterocycles. The molecule has 3 aromatic heterocycles. The third kappa shape index (κ3) is 4.04. The van der Waals surface area contributed by atoms with Gasteiger partial charge in [-0.25, -0.2) is 9.37 Å². The van der Waals surface area contributed by atoms with E-state index in [1.54, 1.807) is 16.8 Å². The summed E-state index contributed by atoms with van der Waals surface area (Å²) in [6.07, 6.45) is 6.62. The Morgan fingerprint density at radius 3 is 2.59 bits per heavy atom. The minimum absolute atomic E-state index is 0.0274. The number of halogens is 1. The highest BCUT2D eigenvalue weighted by Gasteiger charge is 2.24. The fourth-order valence-corrected chi connectivity index (χ4v) is 4.22. The Labute approximate surface area is 184 Å². The van der Waals surface area contributed by atoms with E-state index in [1.165, 1.54) is 26.4 Å². The van der Waals surface area contributed by atoms with Crippen molar-refractivity contribution in [3.63, 3.8) is 0 Å². The van der Waals surface area contributed by atoms with Crippen molar-refractivity contribution >= 4 is 21.9 Å². The lowest BCUT2D eigenvalue weighted by molar-refractivity contribution is 0.397. The molecule has 8 nitrogen and oxygen atoms in total. The van der Waals surface area contributed by atoms with E-state index in [4.69, 9.17) is 4.74 Å². The topological polar surface area (TPSA) is 89.2 Å². The highest BCUT2D eigenvalue weighted by atomic mass is 32.2. The molecule has 10 heteroatoms. The van der Waals surface area contributed by atoms with E-state index < -0.39 is 15.8 Å². The van der Waals surface area contributed by atoms with Gasteiger partial charge in [-0.15, -0.1) is 0 Å². The standard InChI is InChI=1S/C22H20FN5O3S/c1-15-4-5-16(11-24-15)17-6-9-22-25-12-19(28(22)14-17)13-26-27(2)32(29,30)21-10-18(23)7-8-20(21)31-3/h4-14H,1-3H3/b26-13+. The summed E-state index contributed by atoms with van der Waals surface area (Å²) >= 11 is 0. The number of benzene rings is 1. The Balaban J connectivity index is 1.67. The first-order valence-corrected chi connectivity index (χ1v) is 11.0. The SMILES string of the molecule is COc1ccc(F)cc1S(=O)(=O)N(C)/N=C/c1cnc2ccc(-c3ccc(C)nc3)cn12. The highest BCUT2D eigenvalue weighted by molar-refractivity contribution is 7.89. The van der Waals surface area contributed by atoms with Crippen LogP contribution in [0.4, 0.5) is 4.39 Å². The zero-order valence-corrected chi connectivity index (χ0v) is 18.4. The first-order chi connectivity index (χ1) is 15.3. The van der Waals surface area contributed by atoms with E-state index in [1.807, 2.05) is 37.4 Å². The monoisotopic (exact) mass is 453 g/mol. The van der Waals surface area contributed by atoms with Crippen molar-refractivity contribution in [2.45, 2.75) is 11.8 Å². The molecule has 0 atom stereocenters. The van der Waals surface area contributed by atoms with Crippen LogP contribution in [0.25, 0.3) is 16.8 Å². The molecule has 0 fully saturated rings. The Bertz CT molecular complexity index is 1420. The summed E-state index contributed by atoms with van der Waals surface area (Å²) in [6.45, 7) is 1.92. The van der Waals surface area contributed by atoms with Crippen LogP contribution in [-0.4, -0.2) is 47.6 Å². The minimum atomic E-state index is -4.13.